The molecule has 1 heteroatoms. The van der Waals surface area contributed by atoms with Crippen molar-refractivity contribution in [1.82, 2.24) is 0 Å². The molecule has 0 saturated heterocycles. The van der Waals surface area contributed by atoms with Crippen LogP contribution in [0.1, 0.15) is 38.7 Å². The molecule has 0 bridgehead atoms. The lowest BCUT2D eigenvalue weighted by atomic mass is 9.68. The second-order valence-corrected chi connectivity index (χ2v) is 4.73. The summed E-state index contributed by atoms with van der Waals surface area (Å²) >= 11 is 0. The Bertz CT molecular complexity index is 341. The van der Waals surface area contributed by atoms with Gasteiger partial charge in [0.1, 0.15) is 11.4 Å². The first-order valence-electron chi connectivity index (χ1n) is 5.92. The first kappa shape index (κ1) is 10.5. The van der Waals surface area contributed by atoms with E-state index in [1.165, 1.54) is 18.4 Å². The Morgan fingerprint density at radius 1 is 1.40 bits per heavy atom. The summed E-state index contributed by atoms with van der Waals surface area (Å²) in [5.74, 6) is 1.76. The summed E-state index contributed by atoms with van der Waals surface area (Å²) in [6.07, 6.45) is 3.63. The van der Waals surface area contributed by atoms with Gasteiger partial charge in [0.15, 0.2) is 0 Å². The minimum atomic E-state index is 0.117. The number of rotatable bonds is 3. The van der Waals surface area contributed by atoms with Gasteiger partial charge in [0, 0.05) is 0 Å². The molecule has 82 valence electrons. The van der Waals surface area contributed by atoms with Crippen LogP contribution in [-0.4, -0.2) is 5.60 Å². The van der Waals surface area contributed by atoms with Gasteiger partial charge in [0.2, 0.25) is 0 Å². The highest BCUT2D eigenvalue weighted by Gasteiger charge is 2.44. The number of ether oxygens (including phenoxy) is 1. The van der Waals surface area contributed by atoms with Gasteiger partial charge in [-0.25, -0.2) is 0 Å². The molecule has 1 saturated carbocycles. The van der Waals surface area contributed by atoms with Crippen LogP contribution in [0.25, 0.3) is 0 Å². The molecule has 2 atom stereocenters. The van der Waals surface area contributed by atoms with Gasteiger partial charge in [-0.1, -0.05) is 32.0 Å². The Hall–Kier alpha value is -0.980. The molecule has 1 aromatic carbocycles. The van der Waals surface area contributed by atoms with Crippen LogP contribution < -0.4 is 4.74 Å². The zero-order chi connectivity index (χ0) is 10.9. The second-order valence-electron chi connectivity index (χ2n) is 4.73. The molecular weight excluding hydrogens is 184 g/mol. The van der Waals surface area contributed by atoms with Crippen molar-refractivity contribution in [1.29, 1.82) is 0 Å². The Morgan fingerprint density at radius 3 is 2.60 bits per heavy atom. The Balaban J connectivity index is 2.17. The van der Waals surface area contributed by atoms with Gasteiger partial charge in [0.25, 0.3) is 0 Å². The zero-order valence-electron chi connectivity index (χ0n) is 9.92. The minimum absolute atomic E-state index is 0.117. The summed E-state index contributed by atoms with van der Waals surface area (Å²) < 4.78 is 6.23. The minimum Gasteiger partial charge on any atom is -0.487 e. The number of hydrogen-bond donors (Lipinski definition) is 0. The van der Waals surface area contributed by atoms with Crippen molar-refractivity contribution in [3.8, 4) is 5.75 Å². The highest BCUT2D eigenvalue weighted by atomic mass is 16.5. The van der Waals surface area contributed by atoms with E-state index in [0.29, 0.717) is 5.92 Å². The SMILES string of the molecule is CCC1(Oc2ccccc2C)CCC1C. The lowest BCUT2D eigenvalue weighted by Gasteiger charge is -2.47. The van der Waals surface area contributed by atoms with E-state index in [4.69, 9.17) is 4.74 Å². The number of aryl methyl sites for hydroxylation is 1. The van der Waals surface area contributed by atoms with Crippen LogP contribution in [0.15, 0.2) is 24.3 Å². The molecule has 1 aliphatic rings. The summed E-state index contributed by atoms with van der Waals surface area (Å²) in [5.41, 5.74) is 1.36. The van der Waals surface area contributed by atoms with Crippen LogP contribution in [-0.2, 0) is 0 Å². The smallest absolute Gasteiger partial charge is 0.123 e. The quantitative estimate of drug-likeness (QED) is 0.724. The standard InChI is InChI=1S/C14H20O/c1-4-14(10-9-12(14)3)15-13-8-6-5-7-11(13)2/h5-8,12H,4,9-10H2,1-3H3. The zero-order valence-corrected chi connectivity index (χ0v) is 9.92. The average Bonchev–Trinajstić information content (AvgIpc) is 2.26. The monoisotopic (exact) mass is 204 g/mol. The van der Waals surface area contributed by atoms with Crippen molar-refractivity contribution in [3.05, 3.63) is 29.8 Å². The lowest BCUT2D eigenvalue weighted by Crippen LogP contribution is -2.50. The first-order valence-corrected chi connectivity index (χ1v) is 5.92. The fourth-order valence-corrected chi connectivity index (χ4v) is 2.39. The summed E-state index contributed by atoms with van der Waals surface area (Å²) in [6.45, 7) is 6.64. The summed E-state index contributed by atoms with van der Waals surface area (Å²) in [5, 5.41) is 0. The van der Waals surface area contributed by atoms with Crippen LogP contribution in [0, 0.1) is 12.8 Å². The average molecular weight is 204 g/mol. The molecule has 1 aliphatic carbocycles. The van der Waals surface area contributed by atoms with Crippen LogP contribution in [0.3, 0.4) is 0 Å². The normalized spacial score (nSPS) is 29.7. The molecular formula is C14H20O. The van der Waals surface area contributed by atoms with E-state index in [2.05, 4.69) is 45.0 Å². The highest BCUT2D eigenvalue weighted by Crippen LogP contribution is 2.44. The molecule has 0 radical (unpaired) electrons. The third kappa shape index (κ3) is 1.75. The predicted molar refractivity (Wildman–Crippen MR) is 63.2 cm³/mol. The maximum atomic E-state index is 6.23. The summed E-state index contributed by atoms with van der Waals surface area (Å²) in [4.78, 5) is 0. The van der Waals surface area contributed by atoms with Gasteiger partial charge in [-0.2, -0.15) is 0 Å². The Kier molecular flexibility index (Phi) is 2.72. The topological polar surface area (TPSA) is 9.23 Å². The molecule has 1 nitrogen and oxygen atoms in total. The number of benzene rings is 1. The fraction of sp³-hybridized carbons (Fsp3) is 0.571. The van der Waals surface area contributed by atoms with Gasteiger partial charge in [-0.05, 0) is 43.7 Å². The third-order valence-corrected chi connectivity index (χ3v) is 3.90. The highest BCUT2D eigenvalue weighted by molar-refractivity contribution is 5.32. The lowest BCUT2D eigenvalue weighted by molar-refractivity contribution is -0.0653. The van der Waals surface area contributed by atoms with Gasteiger partial charge in [0.05, 0.1) is 0 Å². The van der Waals surface area contributed by atoms with E-state index in [1.807, 2.05) is 0 Å². The van der Waals surface area contributed by atoms with E-state index in [9.17, 15) is 0 Å². The fourth-order valence-electron chi connectivity index (χ4n) is 2.39. The summed E-state index contributed by atoms with van der Waals surface area (Å²) in [6, 6.07) is 8.31. The molecule has 0 heterocycles. The predicted octanol–water partition coefficient (Wildman–Crippen LogP) is 3.95. The molecule has 2 unspecified atom stereocenters. The number of hydrogen-bond acceptors (Lipinski definition) is 1. The van der Waals surface area contributed by atoms with Crippen molar-refractivity contribution < 1.29 is 4.74 Å². The van der Waals surface area contributed by atoms with Gasteiger partial charge in [-0.3, -0.25) is 0 Å². The first-order chi connectivity index (χ1) is 7.18. The van der Waals surface area contributed by atoms with Gasteiger partial charge in [-0.15, -0.1) is 0 Å². The maximum Gasteiger partial charge on any atom is 0.123 e. The van der Waals surface area contributed by atoms with Crippen LogP contribution >= 0.6 is 0 Å². The van der Waals surface area contributed by atoms with E-state index in [1.54, 1.807) is 0 Å². The molecule has 2 rings (SSSR count). The molecule has 0 N–H and O–H groups in total. The Labute approximate surface area is 92.5 Å². The Morgan fingerprint density at radius 2 is 2.13 bits per heavy atom. The van der Waals surface area contributed by atoms with E-state index in [-0.39, 0.29) is 5.60 Å². The molecule has 1 aromatic rings. The molecule has 0 amide bonds. The van der Waals surface area contributed by atoms with Crippen LogP contribution in [0.5, 0.6) is 5.75 Å². The van der Waals surface area contributed by atoms with E-state index < -0.39 is 0 Å². The van der Waals surface area contributed by atoms with E-state index >= 15 is 0 Å². The van der Waals surface area contributed by atoms with Gasteiger partial charge < -0.3 is 4.74 Å². The molecule has 1 fully saturated rings. The second kappa shape index (κ2) is 3.88. The van der Waals surface area contributed by atoms with Crippen molar-refractivity contribution >= 4 is 0 Å². The maximum absolute atomic E-state index is 6.23. The van der Waals surface area contributed by atoms with E-state index in [0.717, 1.165) is 12.2 Å². The third-order valence-electron chi connectivity index (χ3n) is 3.90. The van der Waals surface area contributed by atoms with Crippen LogP contribution in [0.2, 0.25) is 0 Å². The van der Waals surface area contributed by atoms with Crippen LogP contribution in [0.4, 0.5) is 0 Å². The molecule has 0 aliphatic heterocycles. The number of para-hydroxylation sites is 1. The van der Waals surface area contributed by atoms with Gasteiger partial charge >= 0.3 is 0 Å². The molecule has 15 heavy (non-hydrogen) atoms. The van der Waals surface area contributed by atoms with Crippen molar-refractivity contribution in [2.75, 3.05) is 0 Å². The van der Waals surface area contributed by atoms with Crippen molar-refractivity contribution in [2.45, 2.75) is 45.6 Å². The summed E-state index contributed by atoms with van der Waals surface area (Å²) in [7, 11) is 0. The largest absolute Gasteiger partial charge is 0.487 e. The molecule has 0 spiro atoms. The van der Waals surface area contributed by atoms with Crippen molar-refractivity contribution in [3.63, 3.8) is 0 Å². The molecule has 0 aromatic heterocycles. The van der Waals surface area contributed by atoms with Crippen molar-refractivity contribution in [2.24, 2.45) is 5.92 Å².